The lowest BCUT2D eigenvalue weighted by Crippen LogP contribution is -3.61. The van der Waals surface area contributed by atoms with Crippen molar-refractivity contribution in [2.45, 2.75) is 0 Å². The summed E-state index contributed by atoms with van der Waals surface area (Å²) in [5.74, 6) is -3.92. The number of halogens is 2. The zero-order chi connectivity index (χ0) is 26.9. The maximum atomic E-state index is 10.9. The van der Waals surface area contributed by atoms with Crippen LogP contribution in [-0.2, 0) is 0 Å². The topological polar surface area (TPSA) is 149 Å². The largest absolute Gasteiger partial charge is 1.00 e. The van der Waals surface area contributed by atoms with Crippen LogP contribution in [0.3, 0.4) is 0 Å². The molecular formula is C28H20I2O8. The summed E-state index contributed by atoms with van der Waals surface area (Å²) in [7, 11) is 0. The number of hydrogen-bond donors (Lipinski definition) is 4. The van der Waals surface area contributed by atoms with Crippen molar-refractivity contribution in [3.8, 4) is 11.1 Å². The van der Waals surface area contributed by atoms with E-state index in [4.69, 9.17) is 20.4 Å². The third-order valence-corrected chi connectivity index (χ3v) is 7.50. The second-order valence-electron chi connectivity index (χ2n) is 7.50. The first-order chi connectivity index (χ1) is 17.6. The molecule has 10 heteroatoms. The molecule has 0 bridgehead atoms. The van der Waals surface area contributed by atoms with Crippen molar-refractivity contribution in [3.05, 3.63) is 126 Å². The second-order valence-corrected chi connectivity index (χ2v) is 10.5. The van der Waals surface area contributed by atoms with Crippen LogP contribution in [0.5, 0.6) is 0 Å². The quantitative estimate of drug-likeness (QED) is 0.176. The molecule has 0 aliphatic carbocycles. The van der Waals surface area contributed by atoms with E-state index in [0.717, 1.165) is 7.14 Å². The number of carboxylic acid groups (broad SMARTS) is 4. The predicted octanol–water partition coefficient (Wildman–Crippen LogP) is -1.03. The van der Waals surface area contributed by atoms with Crippen LogP contribution in [0.1, 0.15) is 41.4 Å². The van der Waals surface area contributed by atoms with Crippen molar-refractivity contribution >= 4 is 23.9 Å². The monoisotopic (exact) mass is 738 g/mol. The Balaban J connectivity index is 0.000000260. The SMILES string of the molecule is O=C(O)c1cccc(-c2cccc(C(=O)O)c2)c1.O=C(O)c1cccc([I+]c2cccc(C(=O)O)c2)c1.[I-]. The summed E-state index contributed by atoms with van der Waals surface area (Å²) in [5, 5.41) is 35.7. The van der Waals surface area contributed by atoms with E-state index in [0.29, 0.717) is 11.1 Å². The van der Waals surface area contributed by atoms with Gasteiger partial charge in [0.05, 0.1) is 22.3 Å². The van der Waals surface area contributed by atoms with Crippen LogP contribution in [-0.4, -0.2) is 44.3 Å². The molecule has 4 N–H and O–H groups in total. The van der Waals surface area contributed by atoms with Gasteiger partial charge in [0.1, 0.15) is 0 Å². The normalized spacial score (nSPS) is 9.79. The van der Waals surface area contributed by atoms with Gasteiger partial charge in [-0.3, -0.25) is 0 Å². The third-order valence-electron chi connectivity index (χ3n) is 4.91. The fourth-order valence-corrected chi connectivity index (χ4v) is 5.63. The average molecular weight is 738 g/mol. The smallest absolute Gasteiger partial charge is 0.357 e. The molecule has 0 unspecified atom stereocenters. The molecule has 0 aliphatic rings. The number of carboxylic acids is 4. The maximum absolute atomic E-state index is 10.9. The molecule has 0 saturated carbocycles. The molecule has 8 nitrogen and oxygen atoms in total. The van der Waals surface area contributed by atoms with Crippen molar-refractivity contribution in [1.29, 1.82) is 0 Å². The summed E-state index contributed by atoms with van der Waals surface area (Å²) in [5.41, 5.74) is 2.22. The van der Waals surface area contributed by atoms with Crippen LogP contribution in [0.4, 0.5) is 0 Å². The lowest BCUT2D eigenvalue weighted by molar-refractivity contribution is -0.597. The summed E-state index contributed by atoms with van der Waals surface area (Å²) < 4.78 is 1.89. The minimum absolute atomic E-state index is 0. The molecule has 0 radical (unpaired) electrons. The fourth-order valence-electron chi connectivity index (χ4n) is 3.15. The Kier molecular flexibility index (Phi) is 11.4. The first-order valence-corrected chi connectivity index (χ1v) is 12.8. The summed E-state index contributed by atoms with van der Waals surface area (Å²) in [6.45, 7) is 0. The van der Waals surface area contributed by atoms with E-state index in [1.807, 2.05) is 12.1 Å². The van der Waals surface area contributed by atoms with Crippen LogP contribution in [0.2, 0.25) is 0 Å². The molecule has 0 heterocycles. The van der Waals surface area contributed by atoms with Gasteiger partial charge in [0.25, 0.3) is 0 Å². The zero-order valence-electron chi connectivity index (χ0n) is 19.4. The van der Waals surface area contributed by atoms with Crippen molar-refractivity contribution in [2.75, 3.05) is 0 Å². The molecule has 0 aromatic heterocycles. The highest BCUT2D eigenvalue weighted by Crippen LogP contribution is 2.21. The Morgan fingerprint density at radius 2 is 0.737 bits per heavy atom. The van der Waals surface area contributed by atoms with E-state index in [9.17, 15) is 19.2 Å². The summed E-state index contributed by atoms with van der Waals surface area (Å²) in [6, 6.07) is 26.3. The van der Waals surface area contributed by atoms with Crippen LogP contribution < -0.4 is 45.2 Å². The van der Waals surface area contributed by atoms with Gasteiger partial charge in [-0.15, -0.1) is 0 Å². The number of benzene rings is 4. The number of carbonyl (C=O) groups is 4. The Bertz CT molecular complexity index is 1370. The van der Waals surface area contributed by atoms with Crippen LogP contribution in [0.15, 0.2) is 97.1 Å². The Morgan fingerprint density at radius 1 is 0.447 bits per heavy atom. The lowest BCUT2D eigenvalue weighted by Gasteiger charge is -2.04. The molecule has 4 rings (SSSR count). The standard InChI is InChI=1S/C14H9IO4.C14H10O4.HI/c16-13(17)9-3-1-5-11(7-9)15-12-6-2-4-10(8-12)14(18)19;15-13(16)11-5-1-3-9(7-11)10-4-2-6-12(8-10)14(17)18;/h1-8H,(H-,16,17,18,19);1-8H,(H,15,16)(H,17,18);1H. The highest BCUT2D eigenvalue weighted by molar-refractivity contribution is 5.91. The minimum atomic E-state index is -1.01. The molecule has 0 fully saturated rings. The van der Waals surface area contributed by atoms with Gasteiger partial charge < -0.3 is 44.4 Å². The lowest BCUT2D eigenvalue weighted by atomic mass is 10.0. The summed E-state index contributed by atoms with van der Waals surface area (Å²) in [6.07, 6.45) is 0. The maximum Gasteiger partial charge on any atom is 0.357 e. The van der Waals surface area contributed by atoms with Crippen LogP contribution in [0.25, 0.3) is 11.1 Å². The Morgan fingerprint density at radius 3 is 1.05 bits per heavy atom. The second kappa shape index (κ2) is 14.2. The fraction of sp³-hybridized carbons (Fsp3) is 0. The van der Waals surface area contributed by atoms with Crippen molar-refractivity contribution < 1.29 is 84.8 Å². The van der Waals surface area contributed by atoms with Crippen LogP contribution >= 0.6 is 0 Å². The highest BCUT2D eigenvalue weighted by atomic mass is 127. The highest BCUT2D eigenvalue weighted by Gasteiger charge is 2.19. The molecule has 4 aromatic rings. The van der Waals surface area contributed by atoms with E-state index >= 15 is 0 Å². The molecule has 38 heavy (non-hydrogen) atoms. The van der Waals surface area contributed by atoms with Gasteiger partial charge in [0, 0.05) is 12.1 Å². The summed E-state index contributed by atoms with van der Waals surface area (Å²) >= 11 is -0.583. The first kappa shape index (κ1) is 30.4. The molecule has 0 atom stereocenters. The summed E-state index contributed by atoms with van der Waals surface area (Å²) in [4.78, 5) is 43.5. The first-order valence-electron chi connectivity index (χ1n) is 10.6. The molecule has 0 spiro atoms. The predicted molar refractivity (Wildman–Crippen MR) is 130 cm³/mol. The molecule has 194 valence electrons. The number of hydrogen-bond acceptors (Lipinski definition) is 4. The minimum Gasteiger partial charge on any atom is -1.00 e. The molecular weight excluding hydrogens is 718 g/mol. The van der Waals surface area contributed by atoms with Gasteiger partial charge >= 0.3 is 45.1 Å². The molecule has 0 amide bonds. The van der Waals surface area contributed by atoms with Crippen molar-refractivity contribution in [3.63, 3.8) is 0 Å². The van der Waals surface area contributed by atoms with Crippen LogP contribution in [0, 0.1) is 7.14 Å². The van der Waals surface area contributed by atoms with Crippen molar-refractivity contribution in [1.82, 2.24) is 0 Å². The van der Waals surface area contributed by atoms with Gasteiger partial charge in [-0.05, 0) is 59.7 Å². The third kappa shape index (κ3) is 8.66. The van der Waals surface area contributed by atoms with Gasteiger partial charge in [0.2, 0.25) is 0 Å². The van der Waals surface area contributed by atoms with E-state index in [-0.39, 0.29) is 46.2 Å². The van der Waals surface area contributed by atoms with Gasteiger partial charge in [-0.2, -0.15) is 0 Å². The van der Waals surface area contributed by atoms with E-state index in [2.05, 4.69) is 0 Å². The van der Waals surface area contributed by atoms with E-state index < -0.39 is 45.1 Å². The Hall–Kier alpha value is -3.78. The zero-order valence-corrected chi connectivity index (χ0v) is 23.7. The number of rotatable bonds is 7. The van der Waals surface area contributed by atoms with Gasteiger partial charge in [-0.1, -0.05) is 36.4 Å². The van der Waals surface area contributed by atoms with Crippen molar-refractivity contribution in [2.24, 2.45) is 0 Å². The van der Waals surface area contributed by atoms with Gasteiger partial charge in [0.15, 0.2) is 7.14 Å². The van der Waals surface area contributed by atoms with Gasteiger partial charge in [-0.25, -0.2) is 19.2 Å². The van der Waals surface area contributed by atoms with E-state index in [1.54, 1.807) is 60.7 Å². The average Bonchev–Trinajstić information content (AvgIpc) is 2.89. The molecule has 4 aromatic carbocycles. The number of aromatic carboxylic acids is 4. The molecule has 0 saturated heterocycles. The Labute approximate surface area is 244 Å². The molecule has 0 aliphatic heterocycles. The van der Waals surface area contributed by atoms with E-state index in [1.165, 1.54) is 24.3 Å².